The van der Waals surface area contributed by atoms with Crippen LogP contribution in [-0.2, 0) is 9.53 Å². The molecule has 1 atom stereocenters. The Morgan fingerprint density at radius 3 is 2.36 bits per heavy atom. The highest BCUT2D eigenvalue weighted by Gasteiger charge is 2.22. The smallest absolute Gasteiger partial charge is 0.339 e. The second-order valence-corrected chi connectivity index (χ2v) is 4.97. The lowest BCUT2D eigenvalue weighted by molar-refractivity contribution is -0.383. The van der Waals surface area contributed by atoms with Crippen molar-refractivity contribution in [1.29, 1.82) is 0 Å². The van der Waals surface area contributed by atoms with Gasteiger partial charge in [-0.3, -0.25) is 14.9 Å². The summed E-state index contributed by atoms with van der Waals surface area (Å²) in [5, 5.41) is 13.2. The Kier molecular flexibility index (Phi) is 5.38. The average molecular weight is 350 g/mol. The molecule has 0 saturated heterocycles. The summed E-state index contributed by atoms with van der Waals surface area (Å²) >= 11 is 0. The number of nitrogens with one attached hydrogen (secondary N) is 1. The maximum Gasteiger partial charge on any atom is 0.339 e. The van der Waals surface area contributed by atoms with Crippen LogP contribution in [-0.4, -0.2) is 22.9 Å². The molecule has 2 aromatic carbocycles. The second-order valence-electron chi connectivity index (χ2n) is 4.97. The van der Waals surface area contributed by atoms with Crippen LogP contribution in [0.1, 0.15) is 17.3 Å². The fraction of sp³-hybridized carbons (Fsp3) is 0.125. The maximum absolute atomic E-state index is 13.1. The monoisotopic (exact) mass is 350 g/mol. The molecule has 0 heterocycles. The summed E-state index contributed by atoms with van der Waals surface area (Å²) in [6, 6.07) is 7.52. The molecule has 0 bridgehead atoms. The molecule has 0 spiro atoms. The number of esters is 1. The first-order valence-corrected chi connectivity index (χ1v) is 6.99. The number of para-hydroxylation sites is 2. The molecule has 0 fully saturated rings. The molecular formula is C16H12F2N2O5. The van der Waals surface area contributed by atoms with E-state index >= 15 is 0 Å². The van der Waals surface area contributed by atoms with E-state index in [1.165, 1.54) is 31.2 Å². The fourth-order valence-corrected chi connectivity index (χ4v) is 1.93. The predicted octanol–water partition coefficient (Wildman–Crippen LogP) is 3.06. The normalized spacial score (nSPS) is 11.5. The van der Waals surface area contributed by atoms with Crippen LogP contribution in [0.4, 0.5) is 20.2 Å². The molecule has 25 heavy (non-hydrogen) atoms. The van der Waals surface area contributed by atoms with Gasteiger partial charge in [-0.05, 0) is 25.1 Å². The third kappa shape index (κ3) is 4.56. The summed E-state index contributed by atoms with van der Waals surface area (Å²) in [5.74, 6) is -3.88. The Balaban J connectivity index is 2.08. The highest BCUT2D eigenvalue weighted by molar-refractivity contribution is 5.98. The highest BCUT2D eigenvalue weighted by Crippen LogP contribution is 2.23. The van der Waals surface area contributed by atoms with Gasteiger partial charge in [-0.15, -0.1) is 0 Å². The van der Waals surface area contributed by atoms with E-state index in [0.717, 1.165) is 12.1 Å². The molecule has 1 N–H and O–H groups in total. The van der Waals surface area contributed by atoms with Gasteiger partial charge in [0.1, 0.15) is 17.3 Å². The summed E-state index contributed by atoms with van der Waals surface area (Å²) in [5.41, 5.74) is -0.804. The van der Waals surface area contributed by atoms with Crippen molar-refractivity contribution in [2.24, 2.45) is 0 Å². The second kappa shape index (κ2) is 7.47. The molecule has 0 radical (unpaired) electrons. The van der Waals surface area contributed by atoms with Gasteiger partial charge in [0.05, 0.1) is 10.5 Å². The third-order valence-corrected chi connectivity index (χ3v) is 3.11. The summed E-state index contributed by atoms with van der Waals surface area (Å²) in [6.07, 6.45) is -1.35. The molecule has 130 valence electrons. The topological polar surface area (TPSA) is 98.5 Å². The molecule has 0 aliphatic heterocycles. The van der Waals surface area contributed by atoms with Gasteiger partial charge in [0.25, 0.3) is 11.6 Å². The van der Waals surface area contributed by atoms with Crippen molar-refractivity contribution < 1.29 is 28.0 Å². The Morgan fingerprint density at radius 2 is 1.76 bits per heavy atom. The van der Waals surface area contributed by atoms with E-state index in [0.29, 0.717) is 6.07 Å². The van der Waals surface area contributed by atoms with E-state index in [2.05, 4.69) is 5.32 Å². The molecule has 2 aromatic rings. The molecule has 2 rings (SSSR count). The Hall–Kier alpha value is -3.36. The minimum Gasteiger partial charge on any atom is -0.449 e. The lowest BCUT2D eigenvalue weighted by Crippen LogP contribution is -2.30. The number of ether oxygens (including phenoxy) is 1. The van der Waals surface area contributed by atoms with Crippen molar-refractivity contribution in [3.8, 4) is 0 Å². The highest BCUT2D eigenvalue weighted by atomic mass is 19.1. The molecular weight excluding hydrogens is 338 g/mol. The van der Waals surface area contributed by atoms with Gasteiger partial charge >= 0.3 is 5.97 Å². The minimum atomic E-state index is -1.35. The SMILES string of the molecule is CC(OC(=O)c1cc(F)cc(F)c1)C(=O)Nc1ccccc1[N+](=O)[O-]. The predicted molar refractivity (Wildman–Crippen MR) is 83.0 cm³/mol. The van der Waals surface area contributed by atoms with Crippen molar-refractivity contribution in [2.45, 2.75) is 13.0 Å². The van der Waals surface area contributed by atoms with Gasteiger partial charge < -0.3 is 10.1 Å². The van der Waals surface area contributed by atoms with Crippen LogP contribution in [0.25, 0.3) is 0 Å². The zero-order valence-electron chi connectivity index (χ0n) is 12.9. The number of carbonyl (C=O) groups is 2. The van der Waals surface area contributed by atoms with Crippen molar-refractivity contribution in [2.75, 3.05) is 5.32 Å². The van der Waals surface area contributed by atoms with E-state index in [4.69, 9.17) is 4.74 Å². The number of halogens is 2. The van der Waals surface area contributed by atoms with Crippen LogP contribution in [0.3, 0.4) is 0 Å². The zero-order valence-corrected chi connectivity index (χ0v) is 12.9. The summed E-state index contributed by atoms with van der Waals surface area (Å²) in [6.45, 7) is 1.22. The fourth-order valence-electron chi connectivity index (χ4n) is 1.93. The van der Waals surface area contributed by atoms with Crippen molar-refractivity contribution in [3.63, 3.8) is 0 Å². The first kappa shape index (κ1) is 18.0. The number of anilines is 1. The first-order valence-electron chi connectivity index (χ1n) is 6.99. The van der Waals surface area contributed by atoms with Gasteiger partial charge in [-0.2, -0.15) is 0 Å². The van der Waals surface area contributed by atoms with Crippen molar-refractivity contribution in [1.82, 2.24) is 0 Å². The van der Waals surface area contributed by atoms with Crippen molar-refractivity contribution >= 4 is 23.3 Å². The molecule has 0 saturated carbocycles. The van der Waals surface area contributed by atoms with Gasteiger partial charge in [-0.1, -0.05) is 12.1 Å². The molecule has 0 aliphatic rings. The number of nitro benzene ring substituents is 1. The average Bonchev–Trinajstić information content (AvgIpc) is 2.54. The number of hydrogen-bond acceptors (Lipinski definition) is 5. The van der Waals surface area contributed by atoms with E-state index < -0.39 is 40.1 Å². The number of rotatable bonds is 5. The number of carbonyl (C=O) groups excluding carboxylic acids is 2. The van der Waals surface area contributed by atoms with Crippen LogP contribution in [0.5, 0.6) is 0 Å². The number of nitro groups is 1. The summed E-state index contributed by atoms with van der Waals surface area (Å²) in [4.78, 5) is 34.1. The quantitative estimate of drug-likeness (QED) is 0.508. The molecule has 9 heteroatoms. The largest absolute Gasteiger partial charge is 0.449 e. The van der Waals surface area contributed by atoms with Gasteiger partial charge in [0.15, 0.2) is 6.10 Å². The van der Waals surface area contributed by atoms with Crippen LogP contribution >= 0.6 is 0 Å². The summed E-state index contributed by atoms with van der Waals surface area (Å²) < 4.78 is 31.0. The Labute approximate surface area is 140 Å². The molecule has 0 aromatic heterocycles. The van der Waals surface area contributed by atoms with Gasteiger partial charge in [0.2, 0.25) is 0 Å². The van der Waals surface area contributed by atoms with E-state index in [1.54, 1.807) is 0 Å². The van der Waals surface area contributed by atoms with Crippen molar-refractivity contribution in [3.05, 3.63) is 69.8 Å². The van der Waals surface area contributed by atoms with Crippen LogP contribution in [0.2, 0.25) is 0 Å². The van der Waals surface area contributed by atoms with Gasteiger partial charge in [0, 0.05) is 12.1 Å². The third-order valence-electron chi connectivity index (χ3n) is 3.11. The summed E-state index contributed by atoms with van der Waals surface area (Å²) in [7, 11) is 0. The van der Waals surface area contributed by atoms with E-state index in [9.17, 15) is 28.5 Å². The van der Waals surface area contributed by atoms with E-state index in [1.807, 2.05) is 0 Å². The number of nitrogens with zero attached hydrogens (tertiary/aromatic N) is 1. The Bertz CT molecular complexity index is 821. The number of amides is 1. The maximum atomic E-state index is 13.1. The van der Waals surface area contributed by atoms with E-state index in [-0.39, 0.29) is 11.4 Å². The molecule has 7 nitrogen and oxygen atoms in total. The molecule has 0 aliphatic carbocycles. The van der Waals surface area contributed by atoms with Crippen LogP contribution in [0.15, 0.2) is 42.5 Å². The minimum absolute atomic E-state index is 0.0720. The van der Waals surface area contributed by atoms with Gasteiger partial charge in [-0.25, -0.2) is 13.6 Å². The van der Waals surface area contributed by atoms with Crippen LogP contribution < -0.4 is 5.32 Å². The lowest BCUT2D eigenvalue weighted by atomic mass is 10.2. The molecule has 1 amide bonds. The first-order chi connectivity index (χ1) is 11.8. The number of hydrogen-bond donors (Lipinski definition) is 1. The zero-order chi connectivity index (χ0) is 18.6. The standard InChI is InChI=1S/C16H12F2N2O5/c1-9(25-16(22)10-6-11(17)8-12(18)7-10)15(21)19-13-4-2-3-5-14(13)20(23)24/h2-9H,1H3,(H,19,21). The number of benzene rings is 2. The van der Waals surface area contributed by atoms with Crippen LogP contribution in [0, 0.1) is 21.7 Å². The Morgan fingerprint density at radius 1 is 1.16 bits per heavy atom. The lowest BCUT2D eigenvalue weighted by Gasteiger charge is -2.13. The molecule has 1 unspecified atom stereocenters.